The summed E-state index contributed by atoms with van der Waals surface area (Å²) in [5.74, 6) is 0.368. The molecule has 1 aliphatic heterocycles. The van der Waals surface area contributed by atoms with Crippen molar-refractivity contribution < 1.29 is 19.4 Å². The number of ether oxygens (including phenoxy) is 1. The van der Waals surface area contributed by atoms with Gasteiger partial charge in [-0.1, -0.05) is 37.5 Å². The van der Waals surface area contributed by atoms with E-state index >= 15 is 0 Å². The Morgan fingerprint density at radius 3 is 2.29 bits per heavy atom. The third-order valence-corrected chi connectivity index (χ3v) is 5.15. The van der Waals surface area contributed by atoms with Crippen LogP contribution in [0.2, 0.25) is 0 Å². The third kappa shape index (κ3) is 3.96. The van der Waals surface area contributed by atoms with Crippen molar-refractivity contribution in [1.29, 1.82) is 0 Å². The van der Waals surface area contributed by atoms with E-state index in [0.717, 1.165) is 25.7 Å². The van der Waals surface area contributed by atoms with Crippen LogP contribution in [0.1, 0.15) is 44.9 Å². The Hall–Kier alpha value is -1.88. The normalized spacial score (nSPS) is 21.8. The Balaban J connectivity index is 1.53. The van der Waals surface area contributed by atoms with Crippen molar-refractivity contribution >= 4 is 11.8 Å². The molecule has 1 aromatic rings. The van der Waals surface area contributed by atoms with E-state index < -0.39 is 6.10 Å². The van der Waals surface area contributed by atoms with Crippen molar-refractivity contribution in [3.63, 3.8) is 0 Å². The summed E-state index contributed by atoms with van der Waals surface area (Å²) in [6.07, 6.45) is 5.34. The molecular formula is C19H25NO4. The fourth-order valence-corrected chi connectivity index (χ4v) is 3.87. The van der Waals surface area contributed by atoms with Crippen LogP contribution in [0.3, 0.4) is 0 Å². The highest BCUT2D eigenvalue weighted by Gasteiger charge is 2.44. The lowest BCUT2D eigenvalue weighted by Crippen LogP contribution is -2.51. The maximum absolute atomic E-state index is 12.4. The zero-order chi connectivity index (χ0) is 17.0. The molecule has 2 fully saturated rings. The fraction of sp³-hybridized carbons (Fsp3) is 0.579. The molecule has 0 radical (unpaired) electrons. The predicted octanol–water partition coefficient (Wildman–Crippen LogP) is 2.53. The second kappa shape index (κ2) is 7.34. The Labute approximate surface area is 142 Å². The standard InChI is InChI=1S/C19H25NO4/c21-15(14-24-16-7-3-1-4-8-16)13-20-17(22)11-19(12-18(20)23)9-5-2-6-10-19/h1,3-4,7-8,15,21H,2,5-6,9-14H2/t15-/m1/s1. The molecule has 1 spiro atoms. The van der Waals surface area contributed by atoms with E-state index in [9.17, 15) is 14.7 Å². The highest BCUT2D eigenvalue weighted by molar-refractivity contribution is 5.98. The van der Waals surface area contributed by atoms with E-state index in [4.69, 9.17) is 4.74 Å². The minimum absolute atomic E-state index is 0.0145. The number of carbonyl (C=O) groups excluding carboxylic acids is 2. The fourth-order valence-electron chi connectivity index (χ4n) is 3.87. The smallest absolute Gasteiger partial charge is 0.229 e. The van der Waals surface area contributed by atoms with Gasteiger partial charge in [0.25, 0.3) is 0 Å². The first-order chi connectivity index (χ1) is 11.6. The number of amides is 2. The van der Waals surface area contributed by atoms with Crippen LogP contribution in [0, 0.1) is 5.41 Å². The molecule has 24 heavy (non-hydrogen) atoms. The molecule has 3 rings (SSSR count). The SMILES string of the molecule is O=C1CC2(CCCCC2)CC(=O)N1C[C@@H](O)COc1ccccc1. The zero-order valence-corrected chi connectivity index (χ0v) is 13.9. The lowest BCUT2D eigenvalue weighted by atomic mass is 9.67. The second-order valence-corrected chi connectivity index (χ2v) is 7.09. The first-order valence-electron chi connectivity index (χ1n) is 8.77. The minimum atomic E-state index is -0.876. The number of aliphatic hydroxyl groups is 1. The van der Waals surface area contributed by atoms with Gasteiger partial charge in [0.1, 0.15) is 18.5 Å². The number of rotatable bonds is 5. The van der Waals surface area contributed by atoms with Crippen LogP contribution in [0.25, 0.3) is 0 Å². The summed E-state index contributed by atoms with van der Waals surface area (Å²) in [6.45, 7) is 0.0762. The maximum Gasteiger partial charge on any atom is 0.229 e. The lowest BCUT2D eigenvalue weighted by molar-refractivity contribution is -0.156. The van der Waals surface area contributed by atoms with Crippen LogP contribution in [0.5, 0.6) is 5.75 Å². The summed E-state index contributed by atoms with van der Waals surface area (Å²) in [5, 5.41) is 10.1. The van der Waals surface area contributed by atoms with Crippen molar-refractivity contribution in [1.82, 2.24) is 4.90 Å². The minimum Gasteiger partial charge on any atom is -0.491 e. The van der Waals surface area contributed by atoms with Gasteiger partial charge in [-0.3, -0.25) is 14.5 Å². The average molecular weight is 331 g/mol. The van der Waals surface area contributed by atoms with Gasteiger partial charge in [-0.05, 0) is 30.4 Å². The van der Waals surface area contributed by atoms with Crippen LogP contribution < -0.4 is 4.74 Å². The Morgan fingerprint density at radius 2 is 1.67 bits per heavy atom. The van der Waals surface area contributed by atoms with Crippen LogP contribution in [-0.2, 0) is 9.59 Å². The van der Waals surface area contributed by atoms with Crippen molar-refractivity contribution in [2.24, 2.45) is 5.41 Å². The first kappa shape index (κ1) is 17.0. The van der Waals surface area contributed by atoms with Crippen molar-refractivity contribution in [3.8, 4) is 5.75 Å². The van der Waals surface area contributed by atoms with Crippen LogP contribution in [-0.4, -0.2) is 41.1 Å². The van der Waals surface area contributed by atoms with Gasteiger partial charge in [0.2, 0.25) is 11.8 Å². The molecule has 1 saturated heterocycles. The van der Waals surface area contributed by atoms with Gasteiger partial charge in [-0.2, -0.15) is 0 Å². The molecule has 1 atom stereocenters. The average Bonchev–Trinajstić information content (AvgIpc) is 2.58. The summed E-state index contributed by atoms with van der Waals surface area (Å²) in [5.41, 5.74) is -0.117. The molecule has 0 aromatic heterocycles. The molecule has 1 aliphatic carbocycles. The van der Waals surface area contributed by atoms with Gasteiger partial charge in [0.15, 0.2) is 0 Å². The number of hydrogen-bond acceptors (Lipinski definition) is 4. The molecule has 2 amide bonds. The van der Waals surface area contributed by atoms with Gasteiger partial charge >= 0.3 is 0 Å². The molecule has 0 bridgehead atoms. The van der Waals surface area contributed by atoms with Crippen LogP contribution in [0.15, 0.2) is 30.3 Å². The predicted molar refractivity (Wildman–Crippen MR) is 89.4 cm³/mol. The van der Waals surface area contributed by atoms with Crippen LogP contribution >= 0.6 is 0 Å². The van der Waals surface area contributed by atoms with Crippen LogP contribution in [0.4, 0.5) is 0 Å². The number of imide groups is 1. The van der Waals surface area contributed by atoms with E-state index in [1.807, 2.05) is 18.2 Å². The number of piperidine rings is 1. The monoisotopic (exact) mass is 331 g/mol. The molecule has 1 aromatic carbocycles. The number of para-hydroxylation sites is 1. The number of benzene rings is 1. The van der Waals surface area contributed by atoms with E-state index in [0.29, 0.717) is 18.6 Å². The number of nitrogens with zero attached hydrogens (tertiary/aromatic N) is 1. The zero-order valence-electron chi connectivity index (χ0n) is 13.9. The Bertz CT molecular complexity index is 560. The molecule has 1 heterocycles. The Kier molecular flexibility index (Phi) is 5.19. The van der Waals surface area contributed by atoms with E-state index in [1.165, 1.54) is 11.3 Å². The third-order valence-electron chi connectivity index (χ3n) is 5.15. The van der Waals surface area contributed by atoms with E-state index in [-0.39, 0.29) is 30.4 Å². The highest BCUT2D eigenvalue weighted by Crippen LogP contribution is 2.45. The highest BCUT2D eigenvalue weighted by atomic mass is 16.5. The number of aliphatic hydroxyl groups excluding tert-OH is 1. The maximum atomic E-state index is 12.4. The number of β-amino-alcohol motifs (C(OH)–C–C–N with tert-alkyl or cyclic N) is 1. The molecule has 1 N–H and O–H groups in total. The topological polar surface area (TPSA) is 66.8 Å². The van der Waals surface area contributed by atoms with Gasteiger partial charge in [0.05, 0.1) is 6.54 Å². The summed E-state index contributed by atoms with van der Waals surface area (Å²) < 4.78 is 5.49. The molecule has 5 nitrogen and oxygen atoms in total. The van der Waals surface area contributed by atoms with Gasteiger partial charge in [-0.15, -0.1) is 0 Å². The molecule has 5 heteroatoms. The van der Waals surface area contributed by atoms with Gasteiger partial charge in [0, 0.05) is 12.8 Å². The van der Waals surface area contributed by atoms with Crippen molar-refractivity contribution in [2.45, 2.75) is 51.0 Å². The number of likely N-dealkylation sites (tertiary alicyclic amines) is 1. The van der Waals surface area contributed by atoms with Crippen molar-refractivity contribution in [3.05, 3.63) is 30.3 Å². The molecule has 0 unspecified atom stereocenters. The summed E-state index contributed by atoms with van der Waals surface area (Å²) in [4.78, 5) is 26.1. The molecule has 130 valence electrons. The molecular weight excluding hydrogens is 306 g/mol. The Morgan fingerprint density at radius 1 is 1.04 bits per heavy atom. The first-order valence-corrected chi connectivity index (χ1v) is 8.77. The van der Waals surface area contributed by atoms with E-state index in [1.54, 1.807) is 12.1 Å². The summed E-state index contributed by atoms with van der Waals surface area (Å²) >= 11 is 0. The molecule has 2 aliphatic rings. The number of carbonyl (C=O) groups is 2. The lowest BCUT2D eigenvalue weighted by Gasteiger charge is -2.42. The molecule has 1 saturated carbocycles. The van der Waals surface area contributed by atoms with Gasteiger partial charge < -0.3 is 9.84 Å². The van der Waals surface area contributed by atoms with E-state index in [2.05, 4.69) is 0 Å². The van der Waals surface area contributed by atoms with Crippen molar-refractivity contribution in [2.75, 3.05) is 13.2 Å². The summed E-state index contributed by atoms with van der Waals surface area (Å²) in [7, 11) is 0. The second-order valence-electron chi connectivity index (χ2n) is 7.09. The largest absolute Gasteiger partial charge is 0.491 e. The van der Waals surface area contributed by atoms with Gasteiger partial charge in [-0.25, -0.2) is 0 Å². The summed E-state index contributed by atoms with van der Waals surface area (Å²) in [6, 6.07) is 9.19. The quantitative estimate of drug-likeness (QED) is 0.842. The number of hydrogen-bond donors (Lipinski definition) is 1.